The zero-order valence-electron chi connectivity index (χ0n) is 11.0. The molecule has 0 atom stereocenters. The first-order chi connectivity index (χ1) is 9.47. The van der Waals surface area contributed by atoms with Crippen LogP contribution in [0.1, 0.15) is 26.5 Å². The summed E-state index contributed by atoms with van der Waals surface area (Å²) in [4.78, 5) is 31.7. The van der Waals surface area contributed by atoms with Crippen LogP contribution < -0.4 is 0 Å². The van der Waals surface area contributed by atoms with Crippen LogP contribution in [-0.2, 0) is 13.6 Å². The highest BCUT2D eigenvalue weighted by molar-refractivity contribution is 5.92. The molecule has 2 aromatic rings. The Morgan fingerprint density at radius 2 is 1.90 bits per heavy atom. The lowest BCUT2D eigenvalue weighted by Crippen LogP contribution is -2.27. The maximum absolute atomic E-state index is 12.1. The van der Waals surface area contributed by atoms with Crippen molar-refractivity contribution in [3.8, 4) is 0 Å². The predicted octanol–water partition coefficient (Wildman–Crippen LogP) is 0.180. The molecule has 1 N–H and O–H groups in total. The van der Waals surface area contributed by atoms with E-state index in [9.17, 15) is 9.59 Å². The number of rotatable bonds is 4. The van der Waals surface area contributed by atoms with Gasteiger partial charge in [-0.1, -0.05) is 0 Å². The number of aromatic carboxylic acids is 1. The van der Waals surface area contributed by atoms with Crippen LogP contribution in [0.5, 0.6) is 0 Å². The number of carbonyl (C=O) groups is 2. The maximum Gasteiger partial charge on any atom is 0.356 e. The minimum absolute atomic E-state index is 0.0985. The lowest BCUT2D eigenvalue weighted by Gasteiger charge is -2.15. The molecule has 8 nitrogen and oxygen atoms in total. The van der Waals surface area contributed by atoms with Crippen LogP contribution in [0.4, 0.5) is 0 Å². The van der Waals surface area contributed by atoms with E-state index in [1.165, 1.54) is 4.90 Å². The Morgan fingerprint density at radius 3 is 2.40 bits per heavy atom. The van der Waals surface area contributed by atoms with Gasteiger partial charge in [-0.3, -0.25) is 9.48 Å². The first-order valence-electron chi connectivity index (χ1n) is 5.75. The molecule has 0 spiro atoms. The number of carboxylic acids is 1. The van der Waals surface area contributed by atoms with Gasteiger partial charge in [-0.25, -0.2) is 14.8 Å². The monoisotopic (exact) mass is 275 g/mol. The molecule has 0 fully saturated rings. The van der Waals surface area contributed by atoms with Gasteiger partial charge < -0.3 is 10.0 Å². The number of aromatic nitrogens is 4. The Labute approximate surface area is 114 Å². The van der Waals surface area contributed by atoms with Gasteiger partial charge in [0.1, 0.15) is 5.69 Å². The quantitative estimate of drug-likeness (QED) is 0.854. The molecule has 0 saturated heterocycles. The van der Waals surface area contributed by atoms with Crippen molar-refractivity contribution in [2.45, 2.75) is 6.54 Å². The highest BCUT2D eigenvalue weighted by Gasteiger charge is 2.15. The number of aryl methyl sites for hydroxylation is 1. The molecule has 1 amide bonds. The van der Waals surface area contributed by atoms with Gasteiger partial charge in [-0.15, -0.1) is 0 Å². The van der Waals surface area contributed by atoms with Crippen molar-refractivity contribution in [1.29, 1.82) is 0 Å². The second-order valence-corrected chi connectivity index (χ2v) is 4.28. The molecule has 8 heteroatoms. The SMILES string of the molecule is CN(Cc1cnn(C)c1)C(=O)c1cnc(C(=O)O)cn1. The van der Waals surface area contributed by atoms with Crippen molar-refractivity contribution in [2.75, 3.05) is 7.05 Å². The summed E-state index contributed by atoms with van der Waals surface area (Å²) in [5.41, 5.74) is 0.788. The number of carbonyl (C=O) groups excluding carboxylic acids is 1. The molecule has 0 unspecified atom stereocenters. The maximum atomic E-state index is 12.1. The van der Waals surface area contributed by atoms with E-state index in [1.807, 2.05) is 6.20 Å². The summed E-state index contributed by atoms with van der Waals surface area (Å²) >= 11 is 0. The molecule has 0 aromatic carbocycles. The molecule has 0 aliphatic carbocycles. The van der Waals surface area contributed by atoms with Crippen molar-refractivity contribution >= 4 is 11.9 Å². The summed E-state index contributed by atoms with van der Waals surface area (Å²) in [6.45, 7) is 0.384. The minimum Gasteiger partial charge on any atom is -0.476 e. The first-order valence-corrected chi connectivity index (χ1v) is 5.75. The molecule has 0 aliphatic heterocycles. The molecule has 2 rings (SSSR count). The van der Waals surface area contributed by atoms with Gasteiger partial charge in [-0.05, 0) is 0 Å². The third-order valence-corrected chi connectivity index (χ3v) is 2.61. The van der Waals surface area contributed by atoms with E-state index in [0.29, 0.717) is 6.54 Å². The highest BCUT2D eigenvalue weighted by atomic mass is 16.4. The van der Waals surface area contributed by atoms with Gasteiger partial charge in [0.15, 0.2) is 5.69 Å². The zero-order chi connectivity index (χ0) is 14.7. The minimum atomic E-state index is -1.18. The van der Waals surface area contributed by atoms with Crippen LogP contribution in [0.2, 0.25) is 0 Å². The van der Waals surface area contributed by atoms with Crippen LogP contribution in [0, 0.1) is 0 Å². The molecule has 0 bridgehead atoms. The molecule has 2 heterocycles. The normalized spacial score (nSPS) is 10.3. The highest BCUT2D eigenvalue weighted by Crippen LogP contribution is 2.05. The molecular weight excluding hydrogens is 262 g/mol. The largest absolute Gasteiger partial charge is 0.476 e. The fraction of sp³-hybridized carbons (Fsp3) is 0.250. The van der Waals surface area contributed by atoms with Crippen LogP contribution in [-0.4, -0.2) is 48.7 Å². The lowest BCUT2D eigenvalue weighted by atomic mass is 10.3. The summed E-state index contributed by atoms with van der Waals surface area (Å²) in [5, 5.41) is 12.7. The number of amides is 1. The Kier molecular flexibility index (Phi) is 3.74. The standard InChI is InChI=1S/C12H13N5O3/c1-16(6-8-3-15-17(2)7-8)11(18)9-4-14-10(5-13-9)12(19)20/h3-5,7H,6H2,1-2H3,(H,19,20). The van der Waals surface area contributed by atoms with E-state index >= 15 is 0 Å². The van der Waals surface area contributed by atoms with Crippen molar-refractivity contribution in [2.24, 2.45) is 7.05 Å². The van der Waals surface area contributed by atoms with E-state index in [4.69, 9.17) is 5.11 Å². The number of hydrogen-bond acceptors (Lipinski definition) is 5. The van der Waals surface area contributed by atoms with Gasteiger partial charge in [-0.2, -0.15) is 5.10 Å². The fourth-order valence-corrected chi connectivity index (χ4v) is 1.64. The van der Waals surface area contributed by atoms with Crippen LogP contribution in [0.25, 0.3) is 0 Å². The van der Waals surface area contributed by atoms with Crippen LogP contribution >= 0.6 is 0 Å². The van der Waals surface area contributed by atoms with Crippen LogP contribution in [0.3, 0.4) is 0 Å². The van der Waals surface area contributed by atoms with E-state index in [2.05, 4.69) is 15.1 Å². The summed E-state index contributed by atoms with van der Waals surface area (Å²) in [6.07, 6.45) is 5.70. The summed E-state index contributed by atoms with van der Waals surface area (Å²) in [6, 6.07) is 0. The number of nitrogens with zero attached hydrogens (tertiary/aromatic N) is 5. The summed E-state index contributed by atoms with van der Waals surface area (Å²) < 4.78 is 1.65. The second kappa shape index (κ2) is 5.47. The Hall–Kier alpha value is -2.77. The van der Waals surface area contributed by atoms with Gasteiger partial charge in [0, 0.05) is 32.4 Å². The Morgan fingerprint density at radius 1 is 1.25 bits per heavy atom. The Balaban J connectivity index is 2.08. The smallest absolute Gasteiger partial charge is 0.356 e. The van der Waals surface area contributed by atoms with E-state index < -0.39 is 5.97 Å². The average molecular weight is 275 g/mol. The second-order valence-electron chi connectivity index (χ2n) is 4.28. The van der Waals surface area contributed by atoms with Crippen molar-refractivity contribution < 1.29 is 14.7 Å². The molecule has 0 radical (unpaired) electrons. The third-order valence-electron chi connectivity index (χ3n) is 2.61. The third kappa shape index (κ3) is 2.97. The zero-order valence-corrected chi connectivity index (χ0v) is 11.0. The van der Waals surface area contributed by atoms with Crippen molar-refractivity contribution in [3.05, 3.63) is 41.7 Å². The van der Waals surface area contributed by atoms with Crippen molar-refractivity contribution in [3.63, 3.8) is 0 Å². The molecule has 104 valence electrons. The number of carboxylic acid groups (broad SMARTS) is 1. The van der Waals surface area contributed by atoms with Gasteiger partial charge >= 0.3 is 5.97 Å². The summed E-state index contributed by atoms with van der Waals surface area (Å²) in [5.74, 6) is -1.52. The van der Waals surface area contributed by atoms with Crippen molar-refractivity contribution in [1.82, 2.24) is 24.6 Å². The lowest BCUT2D eigenvalue weighted by molar-refractivity contribution is 0.0687. The molecule has 20 heavy (non-hydrogen) atoms. The molecule has 2 aromatic heterocycles. The molecule has 0 aliphatic rings. The van der Waals surface area contributed by atoms with Gasteiger partial charge in [0.25, 0.3) is 5.91 Å². The van der Waals surface area contributed by atoms with E-state index in [-0.39, 0.29) is 17.3 Å². The van der Waals surface area contributed by atoms with Gasteiger partial charge in [0.2, 0.25) is 0 Å². The number of hydrogen-bond donors (Lipinski definition) is 1. The van der Waals surface area contributed by atoms with E-state index in [0.717, 1.165) is 18.0 Å². The first kappa shape index (κ1) is 13.7. The summed E-state index contributed by atoms with van der Waals surface area (Å²) in [7, 11) is 3.42. The van der Waals surface area contributed by atoms with Crippen LogP contribution in [0.15, 0.2) is 24.8 Å². The fourth-order valence-electron chi connectivity index (χ4n) is 1.64. The average Bonchev–Trinajstić information content (AvgIpc) is 2.83. The molecule has 0 saturated carbocycles. The molecular formula is C12H13N5O3. The topological polar surface area (TPSA) is 101 Å². The van der Waals surface area contributed by atoms with E-state index in [1.54, 1.807) is 25.0 Å². The Bertz CT molecular complexity index is 635. The predicted molar refractivity (Wildman–Crippen MR) is 68.0 cm³/mol. The van der Waals surface area contributed by atoms with Gasteiger partial charge in [0.05, 0.1) is 18.6 Å².